The van der Waals surface area contributed by atoms with Gasteiger partial charge in [0, 0.05) is 18.1 Å². The first-order valence-corrected chi connectivity index (χ1v) is 9.41. The summed E-state index contributed by atoms with van der Waals surface area (Å²) >= 11 is 11.9. The molecule has 0 unspecified atom stereocenters. The van der Waals surface area contributed by atoms with Crippen molar-refractivity contribution in [3.63, 3.8) is 0 Å². The molecule has 1 aromatic carbocycles. The fourth-order valence-electron chi connectivity index (χ4n) is 2.38. The zero-order valence-corrected chi connectivity index (χ0v) is 14.2. The summed E-state index contributed by atoms with van der Waals surface area (Å²) in [4.78, 5) is 1.86. The Bertz CT molecular complexity index is 804. The van der Waals surface area contributed by atoms with E-state index in [0.717, 1.165) is 0 Å². The van der Waals surface area contributed by atoms with E-state index >= 15 is 0 Å². The van der Waals surface area contributed by atoms with E-state index in [1.54, 1.807) is 12.1 Å². The van der Waals surface area contributed by atoms with Crippen molar-refractivity contribution in [1.29, 1.82) is 0 Å². The van der Waals surface area contributed by atoms with Crippen LogP contribution in [0.2, 0.25) is 10.0 Å². The van der Waals surface area contributed by atoms with E-state index < -0.39 is 9.84 Å². The van der Waals surface area contributed by atoms with Gasteiger partial charge < -0.3 is 10.0 Å². The Morgan fingerprint density at radius 2 is 1.78 bits per heavy atom. The van der Waals surface area contributed by atoms with Crippen LogP contribution >= 0.6 is 23.2 Å². The van der Waals surface area contributed by atoms with Gasteiger partial charge in [0.1, 0.15) is 5.75 Å². The number of anilines is 1. The molecule has 6 nitrogen and oxygen atoms in total. The predicted molar refractivity (Wildman–Crippen MR) is 90.0 cm³/mol. The van der Waals surface area contributed by atoms with Gasteiger partial charge in [-0.05, 0) is 24.3 Å². The summed E-state index contributed by atoms with van der Waals surface area (Å²) in [6.07, 6.45) is 0. The number of hydrogen-bond donors (Lipinski definition) is 1. The van der Waals surface area contributed by atoms with Crippen molar-refractivity contribution < 1.29 is 13.5 Å². The number of benzene rings is 1. The Hall–Kier alpha value is -1.57. The minimum Gasteiger partial charge on any atom is -0.507 e. The van der Waals surface area contributed by atoms with Gasteiger partial charge in [0.25, 0.3) is 0 Å². The molecule has 23 heavy (non-hydrogen) atoms. The third kappa shape index (κ3) is 3.52. The van der Waals surface area contributed by atoms with Crippen molar-refractivity contribution in [1.82, 2.24) is 10.2 Å². The maximum atomic E-state index is 11.5. The van der Waals surface area contributed by atoms with E-state index in [9.17, 15) is 13.5 Å². The SMILES string of the molecule is O=S1(=O)CCN(c2ccc(-c3c(O)cc(Cl)cc3Cl)nn2)CC1. The van der Waals surface area contributed by atoms with E-state index in [2.05, 4.69) is 10.2 Å². The first-order valence-electron chi connectivity index (χ1n) is 6.83. The quantitative estimate of drug-likeness (QED) is 0.869. The summed E-state index contributed by atoms with van der Waals surface area (Å²) in [7, 11) is -2.94. The lowest BCUT2D eigenvalue weighted by molar-refractivity contribution is 0.477. The lowest BCUT2D eigenvalue weighted by atomic mass is 10.1. The van der Waals surface area contributed by atoms with Gasteiger partial charge >= 0.3 is 0 Å². The van der Waals surface area contributed by atoms with Crippen LogP contribution in [0.3, 0.4) is 0 Å². The highest BCUT2D eigenvalue weighted by molar-refractivity contribution is 7.91. The zero-order chi connectivity index (χ0) is 16.6. The summed E-state index contributed by atoms with van der Waals surface area (Å²) in [5.74, 6) is 0.738. The summed E-state index contributed by atoms with van der Waals surface area (Å²) < 4.78 is 22.9. The van der Waals surface area contributed by atoms with E-state index in [4.69, 9.17) is 23.2 Å². The molecule has 1 aromatic heterocycles. The molecule has 9 heteroatoms. The largest absolute Gasteiger partial charge is 0.507 e. The molecule has 0 saturated carbocycles. The van der Waals surface area contributed by atoms with Gasteiger partial charge in [0.2, 0.25) is 0 Å². The molecule has 122 valence electrons. The standard InChI is InChI=1S/C14H13Cl2N3O3S/c15-9-7-10(16)14(12(20)8-9)11-1-2-13(18-17-11)19-3-5-23(21,22)6-4-19/h1-2,7-8,20H,3-6H2. The Morgan fingerprint density at radius 1 is 1.09 bits per heavy atom. The van der Waals surface area contributed by atoms with Crippen molar-refractivity contribution in [2.45, 2.75) is 0 Å². The normalized spacial score (nSPS) is 17.2. The summed E-state index contributed by atoms with van der Waals surface area (Å²) in [6.45, 7) is 0.784. The topological polar surface area (TPSA) is 83.4 Å². The van der Waals surface area contributed by atoms with Crippen LogP contribution in [0.4, 0.5) is 5.82 Å². The van der Waals surface area contributed by atoms with Gasteiger partial charge in [-0.15, -0.1) is 10.2 Å². The first-order chi connectivity index (χ1) is 10.9. The highest BCUT2D eigenvalue weighted by Gasteiger charge is 2.23. The molecule has 2 aromatic rings. The van der Waals surface area contributed by atoms with Gasteiger partial charge in [-0.25, -0.2) is 8.42 Å². The Balaban J connectivity index is 1.86. The molecule has 1 aliphatic heterocycles. The molecule has 1 saturated heterocycles. The van der Waals surface area contributed by atoms with Crippen LogP contribution in [-0.2, 0) is 9.84 Å². The second-order valence-corrected chi connectivity index (χ2v) is 8.34. The number of phenols is 1. The molecule has 2 heterocycles. The number of phenolic OH excluding ortho intramolecular Hbond substituents is 1. The van der Waals surface area contributed by atoms with E-state index in [1.807, 2.05) is 4.90 Å². The molecular weight excluding hydrogens is 361 g/mol. The van der Waals surface area contributed by atoms with E-state index in [1.165, 1.54) is 12.1 Å². The molecule has 0 atom stereocenters. The van der Waals surface area contributed by atoms with Crippen LogP contribution in [0.25, 0.3) is 11.3 Å². The van der Waals surface area contributed by atoms with Gasteiger partial charge in [0.15, 0.2) is 15.7 Å². The van der Waals surface area contributed by atoms with Crippen LogP contribution in [0.15, 0.2) is 24.3 Å². The van der Waals surface area contributed by atoms with Crippen LogP contribution in [0.1, 0.15) is 0 Å². The van der Waals surface area contributed by atoms with Crippen molar-refractivity contribution in [3.8, 4) is 17.0 Å². The lowest BCUT2D eigenvalue weighted by Gasteiger charge is -2.27. The zero-order valence-electron chi connectivity index (χ0n) is 11.9. The third-order valence-corrected chi connectivity index (χ3v) is 5.73. The summed E-state index contributed by atoms with van der Waals surface area (Å²) in [6, 6.07) is 6.31. The molecule has 1 aliphatic rings. The minimum absolute atomic E-state index is 0.0754. The van der Waals surface area contributed by atoms with Gasteiger partial charge in [-0.2, -0.15) is 0 Å². The third-order valence-electron chi connectivity index (χ3n) is 3.61. The Labute approximate surface area is 143 Å². The van der Waals surface area contributed by atoms with Crippen molar-refractivity contribution in [2.75, 3.05) is 29.5 Å². The number of sulfone groups is 1. The van der Waals surface area contributed by atoms with Crippen molar-refractivity contribution >= 4 is 38.9 Å². The molecule has 0 radical (unpaired) electrons. The minimum atomic E-state index is -2.94. The molecule has 0 spiro atoms. The molecular formula is C14H13Cl2N3O3S. The number of aromatic hydroxyl groups is 1. The number of aromatic nitrogens is 2. The number of nitrogens with zero attached hydrogens (tertiary/aromatic N) is 3. The fraction of sp³-hybridized carbons (Fsp3) is 0.286. The smallest absolute Gasteiger partial charge is 0.153 e. The van der Waals surface area contributed by atoms with Crippen molar-refractivity contribution in [2.24, 2.45) is 0 Å². The highest BCUT2D eigenvalue weighted by Crippen LogP contribution is 2.37. The highest BCUT2D eigenvalue weighted by atomic mass is 35.5. The maximum Gasteiger partial charge on any atom is 0.153 e. The average molecular weight is 374 g/mol. The van der Waals surface area contributed by atoms with Crippen LogP contribution < -0.4 is 4.90 Å². The van der Waals surface area contributed by atoms with E-state index in [0.29, 0.717) is 35.2 Å². The molecule has 1 N–H and O–H groups in total. The first kappa shape index (κ1) is 16.3. The number of hydrogen-bond acceptors (Lipinski definition) is 6. The Morgan fingerprint density at radius 3 is 2.35 bits per heavy atom. The summed E-state index contributed by atoms with van der Waals surface area (Å²) in [5.41, 5.74) is 0.772. The molecule has 0 bridgehead atoms. The van der Waals surface area contributed by atoms with Crippen LogP contribution in [0.5, 0.6) is 5.75 Å². The van der Waals surface area contributed by atoms with Crippen LogP contribution in [-0.4, -0.2) is 48.3 Å². The lowest BCUT2D eigenvalue weighted by Crippen LogP contribution is -2.40. The van der Waals surface area contributed by atoms with Crippen molar-refractivity contribution in [3.05, 3.63) is 34.3 Å². The molecule has 3 rings (SSSR count). The molecule has 0 amide bonds. The second kappa shape index (κ2) is 6.14. The maximum absolute atomic E-state index is 11.5. The van der Waals surface area contributed by atoms with Gasteiger partial charge in [0.05, 0.1) is 27.8 Å². The molecule has 0 aliphatic carbocycles. The second-order valence-electron chi connectivity index (χ2n) is 5.20. The van der Waals surface area contributed by atoms with E-state index in [-0.39, 0.29) is 22.3 Å². The summed E-state index contributed by atoms with van der Waals surface area (Å²) in [5, 5.41) is 18.8. The average Bonchev–Trinajstić information content (AvgIpc) is 2.47. The molecule has 1 fully saturated rings. The number of halogens is 2. The predicted octanol–water partition coefficient (Wildman–Crippen LogP) is 2.39. The number of rotatable bonds is 2. The fourth-order valence-corrected chi connectivity index (χ4v) is 4.16. The van der Waals surface area contributed by atoms with Crippen LogP contribution in [0, 0.1) is 0 Å². The van der Waals surface area contributed by atoms with Gasteiger partial charge in [-0.3, -0.25) is 0 Å². The Kier molecular flexibility index (Phi) is 4.35. The monoisotopic (exact) mass is 373 g/mol. The van der Waals surface area contributed by atoms with Gasteiger partial charge in [-0.1, -0.05) is 23.2 Å².